The van der Waals surface area contributed by atoms with Gasteiger partial charge in [0.05, 0.1) is 19.4 Å². The minimum atomic E-state index is -1.37. The molecule has 0 fully saturated rings. The van der Waals surface area contributed by atoms with Crippen LogP contribution in [0, 0.1) is 13.8 Å². The molecule has 139 valence electrons. The van der Waals surface area contributed by atoms with Crippen LogP contribution in [0.3, 0.4) is 0 Å². The number of aromatic amines is 1. The van der Waals surface area contributed by atoms with Crippen LogP contribution in [0.5, 0.6) is 11.6 Å². The summed E-state index contributed by atoms with van der Waals surface area (Å²) in [5.74, 6) is 1.55. The van der Waals surface area contributed by atoms with Crippen LogP contribution in [0.1, 0.15) is 30.2 Å². The normalized spacial score (nSPS) is 11.9. The van der Waals surface area contributed by atoms with E-state index in [4.69, 9.17) is 9.47 Å². The molecule has 1 radical (unpaired) electrons. The number of ether oxygens (including phenoxy) is 2. The molecular formula is C18H22N4NaO3S. The first-order valence-corrected chi connectivity index (χ1v) is 9.72. The Hall–Kier alpha value is -1.32. The van der Waals surface area contributed by atoms with Crippen molar-refractivity contribution < 1.29 is 14.0 Å². The molecule has 3 rings (SSSR count). The summed E-state index contributed by atoms with van der Waals surface area (Å²) >= 11 is -1.37. The molecule has 0 aliphatic heterocycles. The summed E-state index contributed by atoms with van der Waals surface area (Å²) < 4.78 is 23.7. The van der Waals surface area contributed by atoms with Crippen LogP contribution in [-0.2, 0) is 16.9 Å². The molecule has 3 aromatic heterocycles. The van der Waals surface area contributed by atoms with E-state index in [-0.39, 0.29) is 35.3 Å². The number of H-pyrrole nitrogens is 1. The first-order valence-electron chi connectivity index (χ1n) is 8.40. The van der Waals surface area contributed by atoms with Gasteiger partial charge in [-0.05, 0) is 32.4 Å². The maximum atomic E-state index is 12.8. The van der Waals surface area contributed by atoms with Crippen LogP contribution in [0.4, 0.5) is 0 Å². The Morgan fingerprint density at radius 3 is 2.74 bits per heavy atom. The number of hydrogen-bond donors (Lipinski definition) is 1. The van der Waals surface area contributed by atoms with E-state index in [2.05, 4.69) is 19.9 Å². The molecule has 0 spiro atoms. The molecule has 0 aliphatic rings. The van der Waals surface area contributed by atoms with Gasteiger partial charge in [0, 0.05) is 58.1 Å². The minimum absolute atomic E-state index is 0. The summed E-state index contributed by atoms with van der Waals surface area (Å²) in [5.41, 5.74) is 3.74. The average molecular weight is 397 g/mol. The number of fused-ring (bicyclic) bond motifs is 1. The van der Waals surface area contributed by atoms with E-state index in [1.54, 1.807) is 19.4 Å². The van der Waals surface area contributed by atoms with Crippen molar-refractivity contribution in [2.75, 3.05) is 13.7 Å². The standard InChI is InChI=1S/C18H22N4O3S.Na/c1-5-8-25-17-11(2)9-13-16(21-17)22-18(20-13)26(23)10-14-12(3)15(24-4)6-7-19-14;/h6-7,9H,5,8,10H2,1-4H3,(H,20,21,22);. The Kier molecular flexibility index (Phi) is 7.93. The molecule has 3 heterocycles. The second kappa shape index (κ2) is 9.75. The van der Waals surface area contributed by atoms with Crippen molar-refractivity contribution in [2.45, 2.75) is 38.1 Å². The summed E-state index contributed by atoms with van der Waals surface area (Å²) in [5, 5.41) is 0.378. The van der Waals surface area contributed by atoms with Gasteiger partial charge < -0.3 is 14.0 Å². The van der Waals surface area contributed by atoms with Crippen LogP contribution >= 0.6 is 0 Å². The van der Waals surface area contributed by atoms with E-state index in [1.807, 2.05) is 26.8 Å². The fourth-order valence-electron chi connectivity index (χ4n) is 2.57. The molecule has 1 unspecified atom stereocenters. The Labute approximate surface area is 183 Å². The number of rotatable bonds is 7. The average Bonchev–Trinajstić information content (AvgIpc) is 3.04. The Morgan fingerprint density at radius 1 is 1.26 bits per heavy atom. The van der Waals surface area contributed by atoms with E-state index >= 15 is 0 Å². The summed E-state index contributed by atoms with van der Waals surface area (Å²) in [6, 6.07) is 3.67. The molecule has 0 aromatic carbocycles. The predicted molar refractivity (Wildman–Crippen MR) is 106 cm³/mol. The number of aromatic nitrogens is 4. The molecule has 0 amide bonds. The van der Waals surface area contributed by atoms with E-state index in [9.17, 15) is 4.55 Å². The SMILES string of the molecule is CCCOc1nc2[nH]c([S+]([O-])Cc3nccc(OC)c3C)nc2cc1C.[Na]. The van der Waals surface area contributed by atoms with E-state index < -0.39 is 11.2 Å². The number of nitrogens with one attached hydrogen (secondary N) is 1. The predicted octanol–water partition coefficient (Wildman–Crippen LogP) is 2.69. The smallest absolute Gasteiger partial charge is 0.323 e. The maximum absolute atomic E-state index is 12.8. The molecule has 1 atom stereocenters. The summed E-state index contributed by atoms with van der Waals surface area (Å²) in [6.45, 7) is 6.47. The largest absolute Gasteiger partial charge is 0.609 e. The number of imidazole rings is 1. The van der Waals surface area contributed by atoms with Gasteiger partial charge in [-0.3, -0.25) is 9.97 Å². The van der Waals surface area contributed by atoms with Crippen molar-refractivity contribution >= 4 is 51.9 Å². The van der Waals surface area contributed by atoms with Gasteiger partial charge in [0.25, 0.3) is 0 Å². The van der Waals surface area contributed by atoms with Crippen molar-refractivity contribution in [2.24, 2.45) is 0 Å². The van der Waals surface area contributed by atoms with Crippen molar-refractivity contribution in [1.82, 2.24) is 19.9 Å². The first-order chi connectivity index (χ1) is 12.5. The van der Waals surface area contributed by atoms with Gasteiger partial charge in [-0.1, -0.05) is 6.92 Å². The van der Waals surface area contributed by atoms with E-state index in [0.717, 1.165) is 29.0 Å². The summed E-state index contributed by atoms with van der Waals surface area (Å²) in [4.78, 5) is 16.3. The van der Waals surface area contributed by atoms with Crippen molar-refractivity contribution in [3.63, 3.8) is 0 Å². The molecular weight excluding hydrogens is 375 g/mol. The minimum Gasteiger partial charge on any atom is -0.609 e. The fourth-order valence-corrected chi connectivity index (χ4v) is 3.66. The zero-order valence-electron chi connectivity index (χ0n) is 16.3. The maximum Gasteiger partial charge on any atom is 0.323 e. The first kappa shape index (κ1) is 22.0. The number of pyridine rings is 2. The van der Waals surface area contributed by atoms with Crippen LogP contribution in [-0.4, -0.2) is 67.8 Å². The zero-order chi connectivity index (χ0) is 18.7. The van der Waals surface area contributed by atoms with Gasteiger partial charge in [-0.25, -0.2) is 0 Å². The third-order valence-electron chi connectivity index (χ3n) is 4.00. The third-order valence-corrected chi connectivity index (χ3v) is 5.16. The third kappa shape index (κ3) is 4.94. The van der Waals surface area contributed by atoms with Crippen LogP contribution in [0.25, 0.3) is 11.2 Å². The molecule has 0 saturated heterocycles. The number of nitrogens with zero attached hydrogens (tertiary/aromatic N) is 3. The van der Waals surface area contributed by atoms with Crippen LogP contribution in [0.15, 0.2) is 23.5 Å². The van der Waals surface area contributed by atoms with Crippen LogP contribution < -0.4 is 9.47 Å². The second-order valence-electron chi connectivity index (χ2n) is 5.94. The van der Waals surface area contributed by atoms with Crippen molar-refractivity contribution in [1.29, 1.82) is 0 Å². The van der Waals surface area contributed by atoms with Gasteiger partial charge in [-0.15, -0.1) is 0 Å². The molecule has 27 heavy (non-hydrogen) atoms. The van der Waals surface area contributed by atoms with Gasteiger partial charge in [-0.2, -0.15) is 9.97 Å². The Bertz CT molecular complexity index is 919. The molecule has 3 aromatic rings. The Morgan fingerprint density at radius 2 is 2.04 bits per heavy atom. The fraction of sp³-hybridized carbons (Fsp3) is 0.389. The molecule has 7 nitrogen and oxygen atoms in total. The van der Waals surface area contributed by atoms with Crippen LogP contribution in [0.2, 0.25) is 0 Å². The van der Waals surface area contributed by atoms with E-state index in [1.165, 1.54) is 0 Å². The number of aryl methyl sites for hydroxylation is 1. The van der Waals surface area contributed by atoms with Gasteiger partial charge in [0.15, 0.2) is 11.4 Å². The Balaban J connectivity index is 0.00000261. The summed E-state index contributed by atoms with van der Waals surface area (Å²) in [6.07, 6.45) is 2.56. The molecule has 0 bridgehead atoms. The van der Waals surface area contributed by atoms with Crippen molar-refractivity contribution in [3.8, 4) is 11.6 Å². The molecule has 0 aliphatic carbocycles. The molecule has 9 heteroatoms. The topological polar surface area (TPSA) is 96.0 Å². The second-order valence-corrected chi connectivity index (χ2v) is 7.31. The monoisotopic (exact) mass is 397 g/mol. The number of hydrogen-bond acceptors (Lipinski definition) is 6. The molecule has 1 N–H and O–H groups in total. The number of methoxy groups -OCH3 is 1. The molecule has 0 saturated carbocycles. The van der Waals surface area contributed by atoms with E-state index in [0.29, 0.717) is 28.8 Å². The van der Waals surface area contributed by atoms with Gasteiger partial charge >= 0.3 is 5.16 Å². The zero-order valence-corrected chi connectivity index (χ0v) is 19.1. The summed E-state index contributed by atoms with van der Waals surface area (Å²) in [7, 11) is 1.61. The quantitative estimate of drug-likeness (QED) is 0.486. The van der Waals surface area contributed by atoms with Gasteiger partial charge in [0.1, 0.15) is 11.3 Å². The van der Waals surface area contributed by atoms with Crippen molar-refractivity contribution in [3.05, 3.63) is 35.2 Å². The van der Waals surface area contributed by atoms with Gasteiger partial charge in [0.2, 0.25) is 5.88 Å².